The Morgan fingerprint density at radius 2 is 2.00 bits per heavy atom. The second-order valence-electron chi connectivity index (χ2n) is 6.61. The number of hydrogen-bond donors (Lipinski definition) is 2. The van der Waals surface area contributed by atoms with Crippen molar-refractivity contribution in [2.75, 3.05) is 18.4 Å². The van der Waals surface area contributed by atoms with Gasteiger partial charge in [-0.15, -0.1) is 0 Å². The van der Waals surface area contributed by atoms with Crippen LogP contribution in [-0.2, 0) is 6.42 Å². The van der Waals surface area contributed by atoms with Gasteiger partial charge in [0.1, 0.15) is 0 Å². The molecule has 19 heavy (non-hydrogen) atoms. The Bertz CT molecular complexity index is 421. The summed E-state index contributed by atoms with van der Waals surface area (Å²) in [6, 6.07) is 8.73. The molecule has 1 aromatic carbocycles. The summed E-state index contributed by atoms with van der Waals surface area (Å²) in [5, 5.41) is 7.43. The van der Waals surface area contributed by atoms with Crippen LogP contribution in [0.15, 0.2) is 24.3 Å². The molecule has 1 fully saturated rings. The van der Waals surface area contributed by atoms with Crippen molar-refractivity contribution in [3.63, 3.8) is 0 Å². The maximum Gasteiger partial charge on any atom is 0.0372 e. The molecule has 0 amide bonds. The lowest BCUT2D eigenvalue weighted by atomic mass is 9.82. The predicted octanol–water partition coefficient (Wildman–Crippen LogP) is 3.58. The van der Waals surface area contributed by atoms with Crippen LogP contribution in [0.4, 0.5) is 5.69 Å². The maximum atomic E-state index is 3.86. The molecule has 0 bridgehead atoms. The van der Waals surface area contributed by atoms with Gasteiger partial charge in [-0.2, -0.15) is 0 Å². The standard InChI is InChI=1S/C17H26N2/c1-17(9-5-2-6-10-17)19-13-14-11-15-7-3-4-8-16(15)18-12-14/h3-4,7-8,14,18-19H,2,5-6,9-13H2,1H3. The quantitative estimate of drug-likeness (QED) is 0.866. The van der Waals surface area contributed by atoms with Crippen molar-refractivity contribution in [2.24, 2.45) is 5.92 Å². The van der Waals surface area contributed by atoms with Crippen molar-refractivity contribution in [1.29, 1.82) is 0 Å². The van der Waals surface area contributed by atoms with E-state index in [1.807, 2.05) is 0 Å². The van der Waals surface area contributed by atoms with Gasteiger partial charge in [0.2, 0.25) is 0 Å². The zero-order chi connectivity index (χ0) is 13.1. The van der Waals surface area contributed by atoms with Gasteiger partial charge in [0.25, 0.3) is 0 Å². The van der Waals surface area contributed by atoms with Crippen molar-refractivity contribution in [3.05, 3.63) is 29.8 Å². The predicted molar refractivity (Wildman–Crippen MR) is 81.6 cm³/mol. The van der Waals surface area contributed by atoms with E-state index in [4.69, 9.17) is 0 Å². The van der Waals surface area contributed by atoms with E-state index in [-0.39, 0.29) is 0 Å². The van der Waals surface area contributed by atoms with E-state index in [1.165, 1.54) is 49.8 Å². The average Bonchev–Trinajstić information content (AvgIpc) is 2.46. The zero-order valence-electron chi connectivity index (χ0n) is 12.0. The Morgan fingerprint density at radius 3 is 2.84 bits per heavy atom. The summed E-state index contributed by atoms with van der Waals surface area (Å²) in [7, 11) is 0. The molecule has 0 saturated heterocycles. The minimum Gasteiger partial charge on any atom is -0.384 e. The largest absolute Gasteiger partial charge is 0.384 e. The summed E-state index contributed by atoms with van der Waals surface area (Å²) >= 11 is 0. The number of para-hydroxylation sites is 1. The fourth-order valence-electron chi connectivity index (χ4n) is 3.55. The molecule has 3 rings (SSSR count). The van der Waals surface area contributed by atoms with Gasteiger partial charge in [-0.05, 0) is 43.7 Å². The van der Waals surface area contributed by atoms with E-state index in [1.54, 1.807) is 0 Å². The number of hydrogen-bond acceptors (Lipinski definition) is 2. The van der Waals surface area contributed by atoms with Crippen LogP contribution in [0.1, 0.15) is 44.6 Å². The van der Waals surface area contributed by atoms with Crippen LogP contribution in [0.25, 0.3) is 0 Å². The van der Waals surface area contributed by atoms with Gasteiger partial charge in [0, 0.05) is 24.3 Å². The van der Waals surface area contributed by atoms with Crippen molar-refractivity contribution in [1.82, 2.24) is 5.32 Å². The van der Waals surface area contributed by atoms with E-state index in [9.17, 15) is 0 Å². The highest BCUT2D eigenvalue weighted by molar-refractivity contribution is 5.53. The van der Waals surface area contributed by atoms with Crippen LogP contribution in [0.3, 0.4) is 0 Å². The molecule has 0 aromatic heterocycles. The number of rotatable bonds is 3. The third kappa shape index (κ3) is 3.11. The molecule has 104 valence electrons. The van der Waals surface area contributed by atoms with Crippen molar-refractivity contribution >= 4 is 5.69 Å². The maximum absolute atomic E-state index is 3.86. The van der Waals surface area contributed by atoms with E-state index >= 15 is 0 Å². The second-order valence-corrected chi connectivity index (χ2v) is 6.61. The highest BCUT2D eigenvalue weighted by Gasteiger charge is 2.27. The molecule has 2 nitrogen and oxygen atoms in total. The SMILES string of the molecule is CC1(NCC2CNc3ccccc3C2)CCCCC1. The molecule has 0 spiro atoms. The first-order valence-corrected chi connectivity index (χ1v) is 7.82. The lowest BCUT2D eigenvalue weighted by Crippen LogP contribution is -2.47. The number of anilines is 1. The van der Waals surface area contributed by atoms with E-state index in [0.717, 1.165) is 19.0 Å². The van der Waals surface area contributed by atoms with Crippen LogP contribution < -0.4 is 10.6 Å². The molecule has 1 unspecified atom stereocenters. The molecule has 2 heteroatoms. The van der Waals surface area contributed by atoms with Crippen LogP contribution in [-0.4, -0.2) is 18.6 Å². The Balaban J connectivity index is 1.54. The highest BCUT2D eigenvalue weighted by Crippen LogP contribution is 2.29. The second kappa shape index (κ2) is 5.54. The molecule has 1 heterocycles. The fourth-order valence-corrected chi connectivity index (χ4v) is 3.55. The number of nitrogens with one attached hydrogen (secondary N) is 2. The van der Waals surface area contributed by atoms with Gasteiger partial charge in [-0.25, -0.2) is 0 Å². The minimum absolute atomic E-state index is 0.398. The first-order chi connectivity index (χ1) is 9.25. The van der Waals surface area contributed by atoms with E-state index in [0.29, 0.717) is 5.54 Å². The van der Waals surface area contributed by atoms with Crippen molar-refractivity contribution in [2.45, 2.75) is 51.0 Å². The van der Waals surface area contributed by atoms with Gasteiger partial charge >= 0.3 is 0 Å². The lowest BCUT2D eigenvalue weighted by molar-refractivity contribution is 0.241. The van der Waals surface area contributed by atoms with Crippen molar-refractivity contribution < 1.29 is 0 Å². The third-order valence-corrected chi connectivity index (χ3v) is 4.88. The average molecular weight is 258 g/mol. The van der Waals surface area contributed by atoms with Crippen LogP contribution in [0.5, 0.6) is 0 Å². The smallest absolute Gasteiger partial charge is 0.0372 e. The monoisotopic (exact) mass is 258 g/mol. The summed E-state index contributed by atoms with van der Waals surface area (Å²) in [5.74, 6) is 0.730. The topological polar surface area (TPSA) is 24.1 Å². The van der Waals surface area contributed by atoms with Gasteiger partial charge in [0.05, 0.1) is 0 Å². The molecule has 1 aliphatic carbocycles. The summed E-state index contributed by atoms with van der Waals surface area (Å²) in [5.41, 5.74) is 3.21. The summed E-state index contributed by atoms with van der Waals surface area (Å²) in [4.78, 5) is 0. The molecule has 1 atom stereocenters. The first-order valence-electron chi connectivity index (χ1n) is 7.82. The zero-order valence-corrected chi connectivity index (χ0v) is 12.0. The summed E-state index contributed by atoms with van der Waals surface area (Å²) in [6.45, 7) is 4.67. The molecular formula is C17H26N2. The molecule has 1 aliphatic heterocycles. The number of fused-ring (bicyclic) bond motifs is 1. The highest BCUT2D eigenvalue weighted by atomic mass is 15.0. The fraction of sp³-hybridized carbons (Fsp3) is 0.647. The van der Waals surface area contributed by atoms with Gasteiger partial charge in [0.15, 0.2) is 0 Å². The summed E-state index contributed by atoms with van der Waals surface area (Å²) in [6.07, 6.45) is 8.14. The Hall–Kier alpha value is -1.02. The third-order valence-electron chi connectivity index (χ3n) is 4.88. The van der Waals surface area contributed by atoms with Crippen LogP contribution >= 0.6 is 0 Å². The van der Waals surface area contributed by atoms with Crippen molar-refractivity contribution in [3.8, 4) is 0 Å². The lowest BCUT2D eigenvalue weighted by Gasteiger charge is -2.37. The Morgan fingerprint density at radius 1 is 1.21 bits per heavy atom. The normalized spacial score (nSPS) is 25.4. The molecule has 2 N–H and O–H groups in total. The van der Waals surface area contributed by atoms with Gasteiger partial charge in [-0.1, -0.05) is 37.5 Å². The molecule has 1 aromatic rings. The van der Waals surface area contributed by atoms with Crippen LogP contribution in [0.2, 0.25) is 0 Å². The number of benzene rings is 1. The Kier molecular flexibility index (Phi) is 3.79. The van der Waals surface area contributed by atoms with E-state index in [2.05, 4.69) is 41.8 Å². The summed E-state index contributed by atoms with van der Waals surface area (Å²) < 4.78 is 0. The first kappa shape index (κ1) is 13.0. The Labute approximate surface area is 117 Å². The van der Waals surface area contributed by atoms with E-state index < -0.39 is 0 Å². The van der Waals surface area contributed by atoms with Gasteiger partial charge < -0.3 is 10.6 Å². The molecule has 0 radical (unpaired) electrons. The minimum atomic E-state index is 0.398. The molecule has 2 aliphatic rings. The molecule has 1 saturated carbocycles. The van der Waals surface area contributed by atoms with Gasteiger partial charge in [-0.3, -0.25) is 0 Å². The van der Waals surface area contributed by atoms with Crippen LogP contribution in [0, 0.1) is 5.92 Å². The molecular weight excluding hydrogens is 232 g/mol.